The number of benzene rings is 1. The Morgan fingerprint density at radius 2 is 1.58 bits per heavy atom. The van der Waals surface area contributed by atoms with Crippen LogP contribution in [0.5, 0.6) is 17.2 Å². The number of rotatable bonds is 1. The molecule has 63 valence electrons. The Hall–Kier alpha value is -1.71. The quantitative estimate of drug-likeness (QED) is 0.427. The molecule has 1 aromatic rings. The van der Waals surface area contributed by atoms with Gasteiger partial charge in [0.25, 0.3) is 0 Å². The summed E-state index contributed by atoms with van der Waals surface area (Å²) in [6.07, 6.45) is 0. The summed E-state index contributed by atoms with van der Waals surface area (Å²) < 4.78 is 0. The van der Waals surface area contributed by atoms with Gasteiger partial charge in [-0.1, -0.05) is 0 Å². The van der Waals surface area contributed by atoms with E-state index < -0.39 is 23.0 Å². The molecule has 4 nitrogen and oxygen atoms in total. The number of aromatic hydroxyl groups is 3. The summed E-state index contributed by atoms with van der Waals surface area (Å²) in [5, 5.41) is 26.8. The number of Topliss-reactive ketones (excluding diaryl/α,β-unsaturated/α-hetero) is 1. The molecule has 0 unspecified atom stereocenters. The van der Waals surface area contributed by atoms with Crippen molar-refractivity contribution in [2.45, 2.75) is 0 Å². The third kappa shape index (κ3) is 1.32. The van der Waals surface area contributed by atoms with E-state index in [1.807, 2.05) is 0 Å². The Morgan fingerprint density at radius 3 is 1.92 bits per heavy atom. The summed E-state index contributed by atoms with van der Waals surface area (Å²) in [4.78, 5) is 10.6. The van der Waals surface area contributed by atoms with E-state index in [1.54, 1.807) is 0 Å². The molecule has 0 aromatic heterocycles. The minimum atomic E-state index is -0.639. The average Bonchev–Trinajstić information content (AvgIpc) is 1.99. The second-order valence-corrected chi connectivity index (χ2v) is 2.29. The second kappa shape index (κ2) is 2.73. The highest BCUT2D eigenvalue weighted by atomic mass is 16.3. The zero-order valence-electron chi connectivity index (χ0n) is 6.11. The molecule has 0 atom stereocenters. The van der Waals surface area contributed by atoms with Crippen LogP contribution < -0.4 is 0 Å². The van der Waals surface area contributed by atoms with Crippen molar-refractivity contribution in [2.24, 2.45) is 0 Å². The van der Waals surface area contributed by atoms with Gasteiger partial charge in [-0.2, -0.15) is 0 Å². The molecule has 1 radical (unpaired) electrons. The molecule has 0 saturated heterocycles. The van der Waals surface area contributed by atoms with Crippen molar-refractivity contribution in [3.63, 3.8) is 0 Å². The van der Waals surface area contributed by atoms with Crippen molar-refractivity contribution in [1.29, 1.82) is 0 Å². The van der Waals surface area contributed by atoms with Gasteiger partial charge in [-0.25, -0.2) is 0 Å². The topological polar surface area (TPSA) is 77.8 Å². The number of phenolic OH excluding ortho intramolecular Hbond substituents is 3. The van der Waals surface area contributed by atoms with E-state index in [1.165, 1.54) is 0 Å². The first-order valence-corrected chi connectivity index (χ1v) is 3.13. The molecule has 0 bridgehead atoms. The fourth-order valence-electron chi connectivity index (χ4n) is 0.765. The third-order valence-electron chi connectivity index (χ3n) is 1.39. The molecule has 0 saturated carbocycles. The molecular weight excluding hydrogens is 160 g/mol. The fraction of sp³-hybridized carbons (Fsp3) is 0. The monoisotopic (exact) mass is 167 g/mol. The van der Waals surface area contributed by atoms with E-state index in [0.717, 1.165) is 12.1 Å². The largest absolute Gasteiger partial charge is 0.504 e. The molecule has 0 aliphatic heterocycles. The van der Waals surface area contributed by atoms with Crippen LogP contribution in [-0.4, -0.2) is 21.1 Å². The maximum absolute atomic E-state index is 10.6. The maximum Gasteiger partial charge on any atom is 0.200 e. The zero-order valence-corrected chi connectivity index (χ0v) is 6.11. The van der Waals surface area contributed by atoms with Crippen LogP contribution in [0.1, 0.15) is 10.4 Å². The van der Waals surface area contributed by atoms with E-state index in [-0.39, 0.29) is 5.56 Å². The second-order valence-electron chi connectivity index (χ2n) is 2.29. The van der Waals surface area contributed by atoms with Gasteiger partial charge in [-0.3, -0.25) is 4.79 Å². The van der Waals surface area contributed by atoms with Gasteiger partial charge >= 0.3 is 0 Å². The molecule has 12 heavy (non-hydrogen) atoms. The van der Waals surface area contributed by atoms with E-state index >= 15 is 0 Å². The van der Waals surface area contributed by atoms with Gasteiger partial charge in [-0.05, 0) is 12.1 Å². The first-order valence-electron chi connectivity index (χ1n) is 3.13. The lowest BCUT2D eigenvalue weighted by Gasteiger charge is -2.02. The minimum Gasteiger partial charge on any atom is -0.504 e. The van der Waals surface area contributed by atoms with Crippen LogP contribution in [0.25, 0.3) is 0 Å². The zero-order chi connectivity index (χ0) is 9.30. The van der Waals surface area contributed by atoms with Crippen molar-refractivity contribution >= 4 is 5.78 Å². The number of carbonyl (C=O) groups excluding carboxylic acids is 1. The molecule has 4 heteroatoms. The van der Waals surface area contributed by atoms with Crippen LogP contribution in [0, 0.1) is 6.92 Å². The SMILES string of the molecule is [CH2]C(=O)c1cc(O)c(O)c(O)c1. The van der Waals surface area contributed by atoms with Crippen LogP contribution in [0.2, 0.25) is 0 Å². The minimum absolute atomic E-state index is 0.0443. The molecule has 3 N–H and O–H groups in total. The highest BCUT2D eigenvalue weighted by molar-refractivity contribution is 6.00. The lowest BCUT2D eigenvalue weighted by Crippen LogP contribution is -1.91. The van der Waals surface area contributed by atoms with Gasteiger partial charge in [0.1, 0.15) is 0 Å². The molecule has 0 fully saturated rings. The number of phenols is 3. The summed E-state index contributed by atoms with van der Waals surface area (Å²) in [5.41, 5.74) is 0.0443. The predicted molar refractivity (Wildman–Crippen MR) is 41.1 cm³/mol. The summed E-state index contributed by atoms with van der Waals surface area (Å²) in [7, 11) is 0. The summed E-state index contributed by atoms with van der Waals surface area (Å²) in [6, 6.07) is 2.06. The molecule has 0 spiro atoms. The molecular formula is C8H7O4. The lowest BCUT2D eigenvalue weighted by molar-refractivity contribution is 0.104. The molecule has 0 heterocycles. The standard InChI is InChI=1S/C8H7O4/c1-4(9)5-2-6(10)8(12)7(11)3-5/h2-3,10-12H,1H2. The van der Waals surface area contributed by atoms with Crippen LogP contribution in [0.15, 0.2) is 12.1 Å². The van der Waals surface area contributed by atoms with Gasteiger partial charge in [0.05, 0.1) is 0 Å². The molecule has 1 rings (SSSR count). The van der Waals surface area contributed by atoms with Crippen LogP contribution >= 0.6 is 0 Å². The fourth-order valence-corrected chi connectivity index (χ4v) is 0.765. The Morgan fingerprint density at radius 1 is 1.17 bits per heavy atom. The highest BCUT2D eigenvalue weighted by Crippen LogP contribution is 2.35. The number of ketones is 1. The molecule has 0 aliphatic carbocycles. The highest BCUT2D eigenvalue weighted by Gasteiger charge is 2.09. The molecule has 1 aromatic carbocycles. The maximum atomic E-state index is 10.6. The van der Waals surface area contributed by atoms with Gasteiger partial charge in [0, 0.05) is 12.5 Å². The van der Waals surface area contributed by atoms with Crippen molar-refractivity contribution in [3.05, 3.63) is 24.6 Å². The van der Waals surface area contributed by atoms with Crippen LogP contribution in [0.4, 0.5) is 0 Å². The first-order chi connectivity index (χ1) is 5.52. The summed E-state index contributed by atoms with van der Waals surface area (Å²) >= 11 is 0. The van der Waals surface area contributed by atoms with Crippen molar-refractivity contribution in [3.8, 4) is 17.2 Å². The summed E-state index contributed by atoms with van der Waals surface area (Å²) in [6.45, 7) is 3.08. The first kappa shape index (κ1) is 8.39. The number of hydrogen-bond acceptors (Lipinski definition) is 4. The average molecular weight is 167 g/mol. The van der Waals surface area contributed by atoms with Crippen LogP contribution in [-0.2, 0) is 0 Å². The Labute approximate surface area is 68.7 Å². The Balaban J connectivity index is 3.31. The number of hydrogen-bond donors (Lipinski definition) is 3. The van der Waals surface area contributed by atoms with Crippen molar-refractivity contribution < 1.29 is 20.1 Å². The van der Waals surface area contributed by atoms with Crippen molar-refractivity contribution in [2.75, 3.05) is 0 Å². The van der Waals surface area contributed by atoms with E-state index in [9.17, 15) is 4.79 Å². The van der Waals surface area contributed by atoms with E-state index in [2.05, 4.69) is 6.92 Å². The smallest absolute Gasteiger partial charge is 0.200 e. The normalized spacial score (nSPS) is 9.75. The number of carbonyl (C=O) groups is 1. The third-order valence-corrected chi connectivity index (χ3v) is 1.39. The van der Waals surface area contributed by atoms with E-state index in [0.29, 0.717) is 0 Å². The van der Waals surface area contributed by atoms with Gasteiger partial charge in [0.15, 0.2) is 23.0 Å². The van der Waals surface area contributed by atoms with Gasteiger partial charge in [-0.15, -0.1) is 0 Å². The summed E-state index contributed by atoms with van der Waals surface area (Å²) in [5.74, 6) is -2.26. The van der Waals surface area contributed by atoms with Crippen molar-refractivity contribution in [1.82, 2.24) is 0 Å². The lowest BCUT2D eigenvalue weighted by atomic mass is 10.1. The predicted octanol–water partition coefficient (Wildman–Crippen LogP) is 0.820. The van der Waals surface area contributed by atoms with Crippen LogP contribution in [0.3, 0.4) is 0 Å². The molecule has 0 amide bonds. The van der Waals surface area contributed by atoms with Gasteiger partial charge in [0.2, 0.25) is 0 Å². The Kier molecular flexibility index (Phi) is 1.91. The Bertz CT molecular complexity index is 307. The van der Waals surface area contributed by atoms with E-state index in [4.69, 9.17) is 15.3 Å². The van der Waals surface area contributed by atoms with Gasteiger partial charge < -0.3 is 15.3 Å². The molecule has 0 aliphatic rings.